The zero-order valence-corrected chi connectivity index (χ0v) is 12.3. The molecule has 7 nitrogen and oxygen atoms in total. The molecule has 0 heterocycles. The number of halogens is 1. The van der Waals surface area contributed by atoms with E-state index in [9.17, 15) is 14.9 Å². The molecule has 0 unspecified atom stereocenters. The number of nitro groups is 1. The van der Waals surface area contributed by atoms with Crippen LogP contribution in [0.25, 0.3) is 0 Å². The number of hydrogen-bond acceptors (Lipinski definition) is 5. The van der Waals surface area contributed by atoms with Crippen LogP contribution >= 0.6 is 15.9 Å². The summed E-state index contributed by atoms with van der Waals surface area (Å²) in [6.07, 6.45) is 0.241. The summed E-state index contributed by atoms with van der Waals surface area (Å²) in [5, 5.41) is 19.1. The number of hydrogen-bond donors (Lipinski definition) is 0. The molecule has 0 saturated heterocycles. The highest BCUT2D eigenvalue weighted by Gasteiger charge is 2.12. The van der Waals surface area contributed by atoms with Crippen molar-refractivity contribution in [2.24, 2.45) is 0 Å². The summed E-state index contributed by atoms with van der Waals surface area (Å²) in [7, 11) is 1.56. The molecule has 1 amide bonds. The first-order valence-corrected chi connectivity index (χ1v) is 6.42. The molecule has 0 aliphatic carbocycles. The molecule has 0 saturated carbocycles. The Bertz CT molecular complexity index is 556. The predicted octanol–water partition coefficient (Wildman–Crippen LogP) is 2.11. The second-order valence-corrected chi connectivity index (χ2v) is 4.83. The van der Waals surface area contributed by atoms with Crippen molar-refractivity contribution in [3.63, 3.8) is 0 Å². The Hall–Kier alpha value is -2.14. The van der Waals surface area contributed by atoms with E-state index in [4.69, 9.17) is 10.00 Å². The van der Waals surface area contributed by atoms with Crippen molar-refractivity contribution in [1.82, 2.24) is 4.90 Å². The highest BCUT2D eigenvalue weighted by Crippen LogP contribution is 2.26. The van der Waals surface area contributed by atoms with Crippen molar-refractivity contribution in [2.45, 2.75) is 6.42 Å². The molecular weight excluding hydrogens is 330 g/mol. The first-order chi connectivity index (χ1) is 9.43. The number of likely N-dealkylation sites (N-methyl/N-ethyl adjacent to an activating group) is 1. The third kappa shape index (κ3) is 4.85. The van der Waals surface area contributed by atoms with Crippen LogP contribution in [0.5, 0.6) is 5.75 Å². The minimum Gasteiger partial charge on any atom is -0.483 e. The van der Waals surface area contributed by atoms with Gasteiger partial charge in [0.15, 0.2) is 6.61 Å². The van der Waals surface area contributed by atoms with Crippen LogP contribution in [0.4, 0.5) is 5.69 Å². The Morgan fingerprint density at radius 2 is 2.25 bits per heavy atom. The molecule has 0 radical (unpaired) electrons. The summed E-state index contributed by atoms with van der Waals surface area (Å²) < 4.78 is 5.72. The maximum atomic E-state index is 11.7. The lowest BCUT2D eigenvalue weighted by atomic mass is 10.3. The standard InChI is InChI=1S/C12H12BrN3O4/c1-15(4-2-3-14)12(17)8-20-11-6-9(13)5-10(7-11)16(18)19/h5-7H,2,4,8H2,1H3. The number of nitro benzene ring substituents is 1. The summed E-state index contributed by atoms with van der Waals surface area (Å²) in [5.41, 5.74) is -0.125. The topological polar surface area (TPSA) is 96.5 Å². The van der Waals surface area contributed by atoms with E-state index < -0.39 is 4.92 Å². The molecule has 0 aromatic heterocycles. The van der Waals surface area contributed by atoms with Gasteiger partial charge in [-0.15, -0.1) is 0 Å². The van der Waals surface area contributed by atoms with E-state index in [-0.39, 0.29) is 30.4 Å². The third-order valence-electron chi connectivity index (χ3n) is 2.41. The summed E-state index contributed by atoms with van der Waals surface area (Å²) >= 11 is 3.14. The van der Waals surface area contributed by atoms with E-state index in [1.165, 1.54) is 23.1 Å². The molecule has 0 bridgehead atoms. The monoisotopic (exact) mass is 341 g/mol. The summed E-state index contributed by atoms with van der Waals surface area (Å²) in [4.78, 5) is 23.2. The van der Waals surface area contributed by atoms with Crippen molar-refractivity contribution in [3.05, 3.63) is 32.8 Å². The second-order valence-electron chi connectivity index (χ2n) is 3.91. The number of carbonyl (C=O) groups is 1. The van der Waals surface area contributed by atoms with E-state index in [0.717, 1.165) is 0 Å². The molecule has 1 aromatic rings. The summed E-state index contributed by atoms with van der Waals surface area (Å²) in [6.45, 7) is 0.0763. The van der Waals surface area contributed by atoms with Crippen molar-refractivity contribution in [2.75, 3.05) is 20.2 Å². The number of amides is 1. The van der Waals surface area contributed by atoms with Gasteiger partial charge in [0, 0.05) is 24.1 Å². The van der Waals surface area contributed by atoms with Crippen molar-refractivity contribution < 1.29 is 14.5 Å². The lowest BCUT2D eigenvalue weighted by Crippen LogP contribution is -2.32. The van der Waals surface area contributed by atoms with Gasteiger partial charge in [-0.25, -0.2) is 0 Å². The number of nitrogens with zero attached hydrogens (tertiary/aromatic N) is 3. The fourth-order valence-corrected chi connectivity index (χ4v) is 1.79. The average Bonchev–Trinajstić information content (AvgIpc) is 2.41. The van der Waals surface area contributed by atoms with Gasteiger partial charge < -0.3 is 9.64 Å². The number of rotatable bonds is 6. The Morgan fingerprint density at radius 1 is 1.55 bits per heavy atom. The minimum atomic E-state index is -0.543. The normalized spacial score (nSPS) is 9.65. The fraction of sp³-hybridized carbons (Fsp3) is 0.333. The zero-order chi connectivity index (χ0) is 15.1. The molecular formula is C12H12BrN3O4. The van der Waals surface area contributed by atoms with Crippen LogP contribution in [-0.4, -0.2) is 35.9 Å². The largest absolute Gasteiger partial charge is 0.483 e. The van der Waals surface area contributed by atoms with Crippen LogP contribution in [0.2, 0.25) is 0 Å². The number of ether oxygens (including phenoxy) is 1. The van der Waals surface area contributed by atoms with Crippen molar-refractivity contribution >= 4 is 27.5 Å². The van der Waals surface area contributed by atoms with Gasteiger partial charge in [-0.1, -0.05) is 15.9 Å². The Balaban J connectivity index is 2.64. The van der Waals surface area contributed by atoms with Gasteiger partial charge in [0.05, 0.1) is 23.5 Å². The molecule has 1 rings (SSSR count). The fourth-order valence-electron chi connectivity index (χ4n) is 1.33. The Labute approximate surface area is 124 Å². The van der Waals surface area contributed by atoms with Crippen molar-refractivity contribution in [1.29, 1.82) is 5.26 Å². The van der Waals surface area contributed by atoms with Gasteiger partial charge >= 0.3 is 0 Å². The van der Waals surface area contributed by atoms with Gasteiger partial charge in [0.25, 0.3) is 11.6 Å². The SMILES string of the molecule is CN(CCC#N)C(=O)COc1cc(Br)cc([N+](=O)[O-])c1. The van der Waals surface area contributed by atoms with Crippen molar-refractivity contribution in [3.8, 4) is 11.8 Å². The Kier molecular flexibility index (Phi) is 5.93. The smallest absolute Gasteiger partial charge is 0.274 e. The van der Waals surface area contributed by atoms with Crippen LogP contribution < -0.4 is 4.74 Å². The van der Waals surface area contributed by atoms with Gasteiger partial charge in [0.2, 0.25) is 0 Å². The number of non-ortho nitro benzene ring substituents is 1. The predicted molar refractivity (Wildman–Crippen MR) is 74.2 cm³/mol. The van der Waals surface area contributed by atoms with E-state index in [2.05, 4.69) is 15.9 Å². The molecule has 0 aliphatic heterocycles. The quantitative estimate of drug-likeness (QED) is 0.583. The average molecular weight is 342 g/mol. The van der Waals surface area contributed by atoms with E-state index >= 15 is 0 Å². The second kappa shape index (κ2) is 7.45. The molecule has 106 valence electrons. The van der Waals surface area contributed by atoms with Crippen LogP contribution in [0.1, 0.15) is 6.42 Å². The molecule has 1 aromatic carbocycles. The van der Waals surface area contributed by atoms with Crippen LogP contribution in [0.15, 0.2) is 22.7 Å². The maximum Gasteiger partial charge on any atom is 0.274 e. The molecule has 0 atom stereocenters. The number of benzene rings is 1. The highest BCUT2D eigenvalue weighted by atomic mass is 79.9. The van der Waals surface area contributed by atoms with Gasteiger partial charge in [-0.3, -0.25) is 14.9 Å². The van der Waals surface area contributed by atoms with E-state index in [1.54, 1.807) is 7.05 Å². The van der Waals surface area contributed by atoms with E-state index in [1.807, 2.05) is 6.07 Å². The summed E-state index contributed by atoms with van der Waals surface area (Å²) in [6, 6.07) is 6.06. The zero-order valence-electron chi connectivity index (χ0n) is 10.7. The van der Waals surface area contributed by atoms with Gasteiger partial charge in [0.1, 0.15) is 5.75 Å². The molecule has 20 heavy (non-hydrogen) atoms. The third-order valence-corrected chi connectivity index (χ3v) is 2.87. The Morgan fingerprint density at radius 3 is 2.85 bits per heavy atom. The minimum absolute atomic E-state index is 0.125. The van der Waals surface area contributed by atoms with Crippen LogP contribution in [0.3, 0.4) is 0 Å². The van der Waals surface area contributed by atoms with E-state index in [0.29, 0.717) is 11.0 Å². The number of nitriles is 1. The lowest BCUT2D eigenvalue weighted by molar-refractivity contribution is -0.385. The van der Waals surface area contributed by atoms with Gasteiger partial charge in [-0.05, 0) is 6.07 Å². The molecule has 0 N–H and O–H groups in total. The molecule has 0 spiro atoms. The first kappa shape index (κ1) is 15.9. The molecule has 0 fully saturated rings. The van der Waals surface area contributed by atoms with Crippen LogP contribution in [-0.2, 0) is 4.79 Å². The highest BCUT2D eigenvalue weighted by molar-refractivity contribution is 9.10. The lowest BCUT2D eigenvalue weighted by Gasteiger charge is -2.15. The summed E-state index contributed by atoms with van der Waals surface area (Å²) in [5.74, 6) is -0.0732. The number of carbonyl (C=O) groups excluding carboxylic acids is 1. The van der Waals surface area contributed by atoms with Crippen LogP contribution in [0, 0.1) is 21.4 Å². The first-order valence-electron chi connectivity index (χ1n) is 5.62. The molecule has 0 aliphatic rings. The molecule has 8 heteroatoms. The maximum absolute atomic E-state index is 11.7. The van der Waals surface area contributed by atoms with Gasteiger partial charge in [-0.2, -0.15) is 5.26 Å².